The van der Waals surface area contributed by atoms with E-state index >= 15 is 0 Å². The quantitative estimate of drug-likeness (QED) is 0.912. The van der Waals surface area contributed by atoms with Crippen molar-refractivity contribution >= 4 is 17.4 Å². The molecule has 0 saturated heterocycles. The van der Waals surface area contributed by atoms with Crippen molar-refractivity contribution in [2.24, 2.45) is 0 Å². The van der Waals surface area contributed by atoms with Crippen LogP contribution in [0.15, 0.2) is 29.6 Å². The predicted molar refractivity (Wildman–Crippen MR) is 79.7 cm³/mol. The lowest BCUT2D eigenvalue weighted by molar-refractivity contribution is 0.236. The third-order valence-corrected chi connectivity index (χ3v) is 4.36. The number of carbonyl (C=O) groups excluding carboxylic acids is 1. The van der Waals surface area contributed by atoms with Gasteiger partial charge in [0.2, 0.25) is 0 Å². The van der Waals surface area contributed by atoms with E-state index in [0.29, 0.717) is 6.54 Å². The van der Waals surface area contributed by atoms with E-state index in [1.165, 1.54) is 11.1 Å². The molecule has 1 aliphatic rings. The number of nitrogens with zero attached hydrogens (tertiary/aromatic N) is 1. The van der Waals surface area contributed by atoms with Gasteiger partial charge < -0.3 is 10.6 Å². The summed E-state index contributed by atoms with van der Waals surface area (Å²) in [7, 11) is 0. The van der Waals surface area contributed by atoms with Crippen molar-refractivity contribution in [1.82, 2.24) is 15.6 Å². The van der Waals surface area contributed by atoms with Crippen molar-refractivity contribution in [3.05, 3.63) is 51.5 Å². The molecular formula is C15H17N3OS. The number of hydrogen-bond acceptors (Lipinski definition) is 3. The summed E-state index contributed by atoms with van der Waals surface area (Å²) in [4.78, 5) is 16.3. The highest BCUT2D eigenvalue weighted by molar-refractivity contribution is 7.09. The number of rotatable bonds is 3. The minimum atomic E-state index is -0.127. The van der Waals surface area contributed by atoms with E-state index in [0.717, 1.165) is 23.5 Å². The zero-order chi connectivity index (χ0) is 13.9. The van der Waals surface area contributed by atoms with Crippen LogP contribution in [0.25, 0.3) is 0 Å². The van der Waals surface area contributed by atoms with Gasteiger partial charge in [0.1, 0.15) is 0 Å². The summed E-state index contributed by atoms with van der Waals surface area (Å²) in [5.74, 6) is 0. The molecule has 1 aromatic heterocycles. The lowest BCUT2D eigenvalue weighted by atomic mass is 10.1. The van der Waals surface area contributed by atoms with Crippen molar-refractivity contribution < 1.29 is 4.79 Å². The maximum atomic E-state index is 11.9. The van der Waals surface area contributed by atoms with E-state index in [1.807, 2.05) is 24.4 Å². The van der Waals surface area contributed by atoms with Crippen LogP contribution in [-0.4, -0.2) is 11.0 Å². The van der Waals surface area contributed by atoms with Gasteiger partial charge in [0.05, 0.1) is 23.3 Å². The molecule has 0 aliphatic heterocycles. The molecule has 1 aromatic carbocycles. The zero-order valence-corrected chi connectivity index (χ0v) is 12.2. The average molecular weight is 287 g/mol. The van der Waals surface area contributed by atoms with Crippen LogP contribution in [0.1, 0.15) is 34.3 Å². The van der Waals surface area contributed by atoms with Gasteiger partial charge in [0.25, 0.3) is 0 Å². The molecule has 1 atom stereocenters. The Kier molecular flexibility index (Phi) is 3.69. The summed E-state index contributed by atoms with van der Waals surface area (Å²) >= 11 is 1.60. The molecule has 5 heteroatoms. The number of hydrogen-bond donors (Lipinski definition) is 2. The SMILES string of the molecule is Cc1nc(CNC(=O)N[C@@H]2CCc3ccccc32)cs1. The molecule has 0 bridgehead atoms. The fourth-order valence-corrected chi connectivity index (χ4v) is 3.19. The Morgan fingerprint density at radius 3 is 3.10 bits per heavy atom. The van der Waals surface area contributed by atoms with Crippen LogP contribution in [0.2, 0.25) is 0 Å². The van der Waals surface area contributed by atoms with Crippen molar-refractivity contribution in [2.75, 3.05) is 0 Å². The second kappa shape index (κ2) is 5.63. The van der Waals surface area contributed by atoms with Crippen molar-refractivity contribution in [3.63, 3.8) is 0 Å². The zero-order valence-electron chi connectivity index (χ0n) is 11.3. The van der Waals surface area contributed by atoms with Crippen LogP contribution in [0.5, 0.6) is 0 Å². The molecule has 1 heterocycles. The molecule has 3 rings (SSSR count). The second-order valence-electron chi connectivity index (χ2n) is 4.97. The van der Waals surface area contributed by atoms with Crippen LogP contribution in [-0.2, 0) is 13.0 Å². The first-order valence-electron chi connectivity index (χ1n) is 6.75. The van der Waals surface area contributed by atoms with Crippen molar-refractivity contribution in [1.29, 1.82) is 0 Å². The van der Waals surface area contributed by atoms with Gasteiger partial charge in [0, 0.05) is 5.38 Å². The van der Waals surface area contributed by atoms with Gasteiger partial charge in [-0.1, -0.05) is 24.3 Å². The third-order valence-electron chi connectivity index (χ3n) is 3.53. The Balaban J connectivity index is 1.55. The summed E-state index contributed by atoms with van der Waals surface area (Å²) in [6.45, 7) is 2.44. The molecule has 2 N–H and O–H groups in total. The smallest absolute Gasteiger partial charge is 0.315 e. The van der Waals surface area contributed by atoms with E-state index < -0.39 is 0 Å². The first-order valence-corrected chi connectivity index (χ1v) is 7.63. The molecule has 20 heavy (non-hydrogen) atoms. The highest BCUT2D eigenvalue weighted by Gasteiger charge is 2.23. The molecule has 0 fully saturated rings. The topological polar surface area (TPSA) is 54.0 Å². The van der Waals surface area contributed by atoms with Gasteiger partial charge in [-0.3, -0.25) is 0 Å². The molecule has 104 valence electrons. The largest absolute Gasteiger partial charge is 0.332 e. The maximum Gasteiger partial charge on any atom is 0.315 e. The molecule has 0 radical (unpaired) electrons. The molecule has 4 nitrogen and oxygen atoms in total. The number of aromatic nitrogens is 1. The number of urea groups is 1. The van der Waals surface area contributed by atoms with Gasteiger partial charge in [-0.15, -0.1) is 11.3 Å². The molecule has 0 spiro atoms. The molecule has 0 saturated carbocycles. The van der Waals surface area contributed by atoms with E-state index in [9.17, 15) is 4.79 Å². The molecule has 0 unspecified atom stereocenters. The van der Waals surface area contributed by atoms with Gasteiger partial charge in [-0.05, 0) is 30.9 Å². The highest BCUT2D eigenvalue weighted by Crippen LogP contribution is 2.30. The summed E-state index contributed by atoms with van der Waals surface area (Å²) < 4.78 is 0. The Morgan fingerprint density at radius 2 is 2.30 bits per heavy atom. The summed E-state index contributed by atoms with van der Waals surface area (Å²) in [6.07, 6.45) is 2.01. The van der Waals surface area contributed by atoms with Gasteiger partial charge in [-0.2, -0.15) is 0 Å². The van der Waals surface area contributed by atoms with Crippen molar-refractivity contribution in [3.8, 4) is 0 Å². The minimum Gasteiger partial charge on any atom is -0.332 e. The molecular weight excluding hydrogens is 270 g/mol. The Bertz CT molecular complexity index is 623. The number of benzene rings is 1. The van der Waals surface area contributed by atoms with E-state index in [4.69, 9.17) is 0 Å². The number of aryl methyl sites for hydroxylation is 2. The number of carbonyl (C=O) groups is 1. The van der Waals surface area contributed by atoms with Crippen LogP contribution in [0.4, 0.5) is 4.79 Å². The van der Waals surface area contributed by atoms with E-state index in [1.54, 1.807) is 11.3 Å². The molecule has 1 aliphatic carbocycles. The van der Waals surface area contributed by atoms with Crippen LogP contribution >= 0.6 is 11.3 Å². The Hall–Kier alpha value is -1.88. The van der Waals surface area contributed by atoms with Gasteiger partial charge in [-0.25, -0.2) is 9.78 Å². The summed E-state index contributed by atoms with van der Waals surface area (Å²) in [6, 6.07) is 8.30. The first-order chi connectivity index (χ1) is 9.72. The summed E-state index contributed by atoms with van der Waals surface area (Å²) in [5, 5.41) is 8.89. The molecule has 2 aromatic rings. The number of fused-ring (bicyclic) bond motifs is 1. The standard InChI is InChI=1S/C15H17N3OS/c1-10-17-12(9-20-10)8-16-15(19)18-14-7-6-11-4-2-3-5-13(11)14/h2-5,9,14H,6-8H2,1H3,(H2,16,18,19)/t14-/m1/s1. The fraction of sp³-hybridized carbons (Fsp3) is 0.333. The third kappa shape index (κ3) is 2.82. The lowest BCUT2D eigenvalue weighted by Crippen LogP contribution is -2.37. The van der Waals surface area contributed by atoms with Crippen LogP contribution < -0.4 is 10.6 Å². The molecule has 2 amide bonds. The minimum absolute atomic E-state index is 0.127. The van der Waals surface area contributed by atoms with Crippen LogP contribution in [0, 0.1) is 6.92 Å². The monoisotopic (exact) mass is 287 g/mol. The normalized spacial score (nSPS) is 16.8. The number of amides is 2. The summed E-state index contributed by atoms with van der Waals surface area (Å²) in [5.41, 5.74) is 3.49. The first kappa shape index (κ1) is 13.1. The fourth-order valence-electron chi connectivity index (χ4n) is 2.58. The second-order valence-corrected chi connectivity index (χ2v) is 6.04. The van der Waals surface area contributed by atoms with E-state index in [-0.39, 0.29) is 12.1 Å². The highest BCUT2D eigenvalue weighted by atomic mass is 32.1. The maximum absolute atomic E-state index is 11.9. The predicted octanol–water partition coefficient (Wildman–Crippen LogP) is 2.94. The van der Waals surface area contributed by atoms with Crippen LogP contribution in [0.3, 0.4) is 0 Å². The number of nitrogens with one attached hydrogen (secondary N) is 2. The Labute approximate surface area is 122 Å². The average Bonchev–Trinajstić information content (AvgIpc) is 3.04. The van der Waals surface area contributed by atoms with Gasteiger partial charge >= 0.3 is 6.03 Å². The number of thiazole rings is 1. The van der Waals surface area contributed by atoms with Crippen molar-refractivity contribution in [2.45, 2.75) is 32.4 Å². The Morgan fingerprint density at radius 1 is 1.45 bits per heavy atom. The lowest BCUT2D eigenvalue weighted by Gasteiger charge is -2.14. The van der Waals surface area contributed by atoms with Gasteiger partial charge in [0.15, 0.2) is 0 Å². The van der Waals surface area contributed by atoms with E-state index in [2.05, 4.69) is 27.8 Å².